The van der Waals surface area contributed by atoms with Crippen molar-refractivity contribution in [1.82, 2.24) is 5.32 Å². The lowest BCUT2D eigenvalue weighted by Crippen LogP contribution is -2.56. The maximum atomic E-state index is 12.1. The Labute approximate surface area is 128 Å². The molecular weight excluding hydrogens is 300 g/mol. The van der Waals surface area contributed by atoms with Crippen LogP contribution in [0, 0.1) is 5.92 Å². The zero-order chi connectivity index (χ0) is 14.7. The summed E-state index contributed by atoms with van der Waals surface area (Å²) < 4.78 is 24.2. The highest BCUT2D eigenvalue weighted by molar-refractivity contribution is 7.92. The molecule has 3 N–H and O–H groups in total. The minimum Gasteiger partial charge on any atom is -0.349 e. The van der Waals surface area contributed by atoms with Gasteiger partial charge in [-0.15, -0.1) is 12.4 Å². The number of nitrogens with one attached hydrogen (secondary N) is 1. The Morgan fingerprint density at radius 3 is 2.25 bits per heavy atom. The Morgan fingerprint density at radius 2 is 1.85 bits per heavy atom. The van der Waals surface area contributed by atoms with E-state index in [4.69, 9.17) is 5.73 Å². The topological polar surface area (TPSA) is 89.3 Å². The maximum Gasteiger partial charge on any atom is 0.235 e. The standard InChI is InChI=1S/C13H26N2O3S.ClH/c1-10(2)13(3,9-14)15-12(16)8-19(17,18)11-6-4-5-7-11;/h10-11H,4-9,14H2,1-3H3,(H,15,16);1H. The number of amides is 1. The second kappa shape index (κ2) is 7.61. The monoisotopic (exact) mass is 326 g/mol. The van der Waals surface area contributed by atoms with Gasteiger partial charge < -0.3 is 11.1 Å². The van der Waals surface area contributed by atoms with Crippen LogP contribution in [0.15, 0.2) is 0 Å². The van der Waals surface area contributed by atoms with Crippen molar-refractivity contribution in [3.63, 3.8) is 0 Å². The molecule has 0 radical (unpaired) electrons. The molecule has 120 valence electrons. The second-order valence-electron chi connectivity index (χ2n) is 6.04. The van der Waals surface area contributed by atoms with E-state index in [-0.39, 0.29) is 23.6 Å². The lowest BCUT2D eigenvalue weighted by Gasteiger charge is -2.33. The molecule has 1 saturated carbocycles. The predicted octanol–water partition coefficient (Wildman–Crippen LogP) is 1.26. The minimum absolute atomic E-state index is 0. The Morgan fingerprint density at radius 1 is 1.35 bits per heavy atom. The summed E-state index contributed by atoms with van der Waals surface area (Å²) in [4.78, 5) is 11.9. The quantitative estimate of drug-likeness (QED) is 0.769. The first-order valence-corrected chi connectivity index (χ1v) is 8.65. The zero-order valence-corrected chi connectivity index (χ0v) is 14.1. The van der Waals surface area contributed by atoms with E-state index in [2.05, 4.69) is 5.32 Å². The van der Waals surface area contributed by atoms with Crippen LogP contribution >= 0.6 is 12.4 Å². The SMILES string of the molecule is CC(C)C(C)(CN)NC(=O)CS(=O)(=O)C1CCCC1.Cl. The van der Waals surface area contributed by atoms with Gasteiger partial charge in [0.2, 0.25) is 5.91 Å². The van der Waals surface area contributed by atoms with E-state index < -0.39 is 27.0 Å². The average Bonchev–Trinajstić information content (AvgIpc) is 2.81. The first kappa shape index (κ1) is 19.7. The van der Waals surface area contributed by atoms with Crippen molar-refractivity contribution in [2.75, 3.05) is 12.3 Å². The van der Waals surface area contributed by atoms with Gasteiger partial charge in [0.25, 0.3) is 0 Å². The van der Waals surface area contributed by atoms with E-state index in [1.807, 2.05) is 20.8 Å². The molecule has 0 bridgehead atoms. The van der Waals surface area contributed by atoms with Gasteiger partial charge in [0.1, 0.15) is 5.75 Å². The molecule has 0 spiro atoms. The van der Waals surface area contributed by atoms with Crippen LogP contribution < -0.4 is 11.1 Å². The summed E-state index contributed by atoms with van der Waals surface area (Å²) in [6.07, 6.45) is 3.26. The first-order valence-electron chi connectivity index (χ1n) is 6.94. The summed E-state index contributed by atoms with van der Waals surface area (Å²) in [5.41, 5.74) is 5.12. The lowest BCUT2D eigenvalue weighted by molar-refractivity contribution is -0.120. The number of nitrogens with two attached hydrogens (primary N) is 1. The first-order chi connectivity index (χ1) is 8.71. The summed E-state index contributed by atoms with van der Waals surface area (Å²) in [6, 6.07) is 0. The van der Waals surface area contributed by atoms with Crippen LogP contribution in [0.2, 0.25) is 0 Å². The molecule has 0 aromatic rings. The highest BCUT2D eigenvalue weighted by Gasteiger charge is 2.34. The van der Waals surface area contributed by atoms with E-state index in [0.717, 1.165) is 12.8 Å². The molecule has 1 amide bonds. The lowest BCUT2D eigenvalue weighted by atomic mass is 9.88. The number of carbonyl (C=O) groups excluding carboxylic acids is 1. The summed E-state index contributed by atoms with van der Waals surface area (Å²) in [6.45, 7) is 6.05. The average molecular weight is 327 g/mol. The molecule has 0 aliphatic heterocycles. The third-order valence-electron chi connectivity index (χ3n) is 4.27. The fourth-order valence-electron chi connectivity index (χ4n) is 2.33. The molecular formula is C13H27ClN2O3S. The molecule has 20 heavy (non-hydrogen) atoms. The zero-order valence-electron chi connectivity index (χ0n) is 12.5. The molecule has 5 nitrogen and oxygen atoms in total. The van der Waals surface area contributed by atoms with Crippen LogP contribution in [0.4, 0.5) is 0 Å². The van der Waals surface area contributed by atoms with Crippen LogP contribution in [-0.2, 0) is 14.6 Å². The Kier molecular flexibility index (Phi) is 7.49. The van der Waals surface area contributed by atoms with Crippen molar-refractivity contribution in [3.8, 4) is 0 Å². The van der Waals surface area contributed by atoms with Gasteiger partial charge in [-0.1, -0.05) is 26.7 Å². The van der Waals surface area contributed by atoms with Crippen molar-refractivity contribution in [2.24, 2.45) is 11.7 Å². The summed E-state index contributed by atoms with van der Waals surface area (Å²) in [7, 11) is -3.32. The smallest absolute Gasteiger partial charge is 0.235 e. The highest BCUT2D eigenvalue weighted by atomic mass is 35.5. The number of hydrogen-bond donors (Lipinski definition) is 2. The predicted molar refractivity (Wildman–Crippen MR) is 83.7 cm³/mol. The van der Waals surface area contributed by atoms with Gasteiger partial charge in [-0.25, -0.2) is 8.42 Å². The highest BCUT2D eigenvalue weighted by Crippen LogP contribution is 2.25. The third-order valence-corrected chi connectivity index (χ3v) is 6.42. The molecule has 7 heteroatoms. The van der Waals surface area contributed by atoms with Crippen molar-refractivity contribution in [3.05, 3.63) is 0 Å². The van der Waals surface area contributed by atoms with Crippen LogP contribution in [0.1, 0.15) is 46.5 Å². The van der Waals surface area contributed by atoms with Crippen molar-refractivity contribution >= 4 is 28.2 Å². The van der Waals surface area contributed by atoms with E-state index in [9.17, 15) is 13.2 Å². The van der Waals surface area contributed by atoms with Gasteiger partial charge in [0.05, 0.1) is 10.8 Å². The van der Waals surface area contributed by atoms with Gasteiger partial charge >= 0.3 is 0 Å². The van der Waals surface area contributed by atoms with E-state index in [1.165, 1.54) is 0 Å². The second-order valence-corrected chi connectivity index (χ2v) is 8.32. The molecule has 1 fully saturated rings. The van der Waals surface area contributed by atoms with Crippen LogP contribution in [0.5, 0.6) is 0 Å². The van der Waals surface area contributed by atoms with Gasteiger partial charge in [0.15, 0.2) is 9.84 Å². The molecule has 0 heterocycles. The van der Waals surface area contributed by atoms with Crippen molar-refractivity contribution in [2.45, 2.75) is 57.2 Å². The molecule has 1 atom stereocenters. The summed E-state index contributed by atoms with van der Waals surface area (Å²) in [5.74, 6) is -0.704. The maximum absolute atomic E-state index is 12.1. The fraction of sp³-hybridized carbons (Fsp3) is 0.923. The molecule has 1 aliphatic rings. The van der Waals surface area contributed by atoms with Crippen molar-refractivity contribution in [1.29, 1.82) is 0 Å². The van der Waals surface area contributed by atoms with Gasteiger partial charge in [-0.3, -0.25) is 4.79 Å². The molecule has 0 saturated heterocycles. The Balaban J connectivity index is 0.00000361. The van der Waals surface area contributed by atoms with E-state index >= 15 is 0 Å². The fourth-order valence-corrected chi connectivity index (χ4v) is 4.06. The minimum atomic E-state index is -3.32. The largest absolute Gasteiger partial charge is 0.349 e. The van der Waals surface area contributed by atoms with Crippen LogP contribution in [-0.4, -0.2) is 37.4 Å². The normalized spacial score (nSPS) is 19.4. The van der Waals surface area contributed by atoms with Crippen LogP contribution in [0.25, 0.3) is 0 Å². The molecule has 1 unspecified atom stereocenters. The number of carbonyl (C=O) groups is 1. The Bertz CT molecular complexity index is 419. The van der Waals surface area contributed by atoms with Crippen LogP contribution in [0.3, 0.4) is 0 Å². The van der Waals surface area contributed by atoms with E-state index in [0.29, 0.717) is 19.4 Å². The van der Waals surface area contributed by atoms with E-state index in [1.54, 1.807) is 0 Å². The van der Waals surface area contributed by atoms with Gasteiger partial charge in [0, 0.05) is 6.54 Å². The third kappa shape index (κ3) is 4.90. The number of halogens is 1. The summed E-state index contributed by atoms with van der Waals surface area (Å²) in [5, 5.41) is 2.45. The van der Waals surface area contributed by atoms with Gasteiger partial charge in [-0.05, 0) is 25.7 Å². The van der Waals surface area contributed by atoms with Crippen molar-refractivity contribution < 1.29 is 13.2 Å². The molecule has 1 rings (SSSR count). The number of hydrogen-bond acceptors (Lipinski definition) is 4. The molecule has 1 aliphatic carbocycles. The number of rotatable bonds is 6. The van der Waals surface area contributed by atoms with Gasteiger partial charge in [-0.2, -0.15) is 0 Å². The molecule has 0 aromatic heterocycles. The summed E-state index contributed by atoms with van der Waals surface area (Å²) >= 11 is 0. The Hall–Kier alpha value is -0.330. The molecule has 0 aromatic carbocycles. The number of sulfone groups is 1.